The van der Waals surface area contributed by atoms with Crippen LogP contribution >= 0.6 is 11.6 Å². The van der Waals surface area contributed by atoms with Gasteiger partial charge < -0.3 is 13.9 Å². The van der Waals surface area contributed by atoms with Crippen LogP contribution in [0.15, 0.2) is 84.2 Å². The van der Waals surface area contributed by atoms with E-state index in [0.29, 0.717) is 28.5 Å². The number of benzene rings is 3. The first kappa shape index (κ1) is 30.8. The van der Waals surface area contributed by atoms with Crippen LogP contribution in [0.4, 0.5) is 13.2 Å². The topological polar surface area (TPSA) is 95.7 Å². The fourth-order valence-corrected chi connectivity index (χ4v) is 5.57. The fraction of sp³-hybridized carbons (Fsp3) is 0.152. The molecule has 234 valence electrons. The number of hydroxylamine groups is 2. The quantitative estimate of drug-likeness (QED) is 0.147. The molecule has 0 saturated heterocycles. The Morgan fingerprint density at radius 2 is 1.59 bits per heavy atom. The van der Waals surface area contributed by atoms with Crippen molar-refractivity contribution in [2.24, 2.45) is 0 Å². The second-order valence-corrected chi connectivity index (χ2v) is 11.0. The van der Waals surface area contributed by atoms with E-state index in [0.717, 1.165) is 15.9 Å². The van der Waals surface area contributed by atoms with E-state index in [-0.39, 0.29) is 33.7 Å². The van der Waals surface area contributed by atoms with Gasteiger partial charge in [-0.2, -0.15) is 0 Å². The highest BCUT2D eigenvalue weighted by Crippen LogP contribution is 2.29. The Kier molecular flexibility index (Phi) is 8.24. The number of aryl methyl sites for hydroxylation is 1. The maximum atomic E-state index is 14.4. The number of imidazole rings is 1. The van der Waals surface area contributed by atoms with Crippen LogP contribution in [0, 0.1) is 24.4 Å². The molecule has 1 aliphatic heterocycles. The second kappa shape index (κ2) is 12.3. The maximum absolute atomic E-state index is 14.4. The number of nitrogens with zero attached hydrogens (tertiary/aromatic N) is 4. The number of rotatable bonds is 9. The molecule has 1 atom stereocenters. The molecule has 1 aliphatic rings. The number of amides is 2. The lowest BCUT2D eigenvalue weighted by Crippen LogP contribution is -2.36. The number of ether oxygens (including phenoxy) is 1. The molecule has 0 fully saturated rings. The largest absolute Gasteiger partial charge is 0.495 e. The van der Waals surface area contributed by atoms with Gasteiger partial charge in [0.15, 0.2) is 17.5 Å². The molecule has 0 spiro atoms. The molecule has 6 rings (SSSR count). The molecule has 0 aliphatic carbocycles. The number of fused-ring (bicyclic) bond motifs is 1. The highest BCUT2D eigenvalue weighted by molar-refractivity contribution is 6.30. The number of hydrogen-bond acceptors (Lipinski definition) is 6. The number of methoxy groups -OCH3 is 1. The zero-order valence-corrected chi connectivity index (χ0v) is 25.1. The summed E-state index contributed by atoms with van der Waals surface area (Å²) >= 11 is 6.45. The lowest BCUT2D eigenvalue weighted by atomic mass is 10.0. The van der Waals surface area contributed by atoms with Gasteiger partial charge in [-0.25, -0.2) is 18.2 Å². The van der Waals surface area contributed by atoms with Gasteiger partial charge in [0.2, 0.25) is 0 Å². The first-order valence-electron chi connectivity index (χ1n) is 13.9. The molecule has 1 unspecified atom stereocenters. The Morgan fingerprint density at radius 1 is 0.913 bits per heavy atom. The van der Waals surface area contributed by atoms with E-state index in [2.05, 4.69) is 4.98 Å². The van der Waals surface area contributed by atoms with Crippen LogP contribution in [0.25, 0.3) is 5.69 Å². The van der Waals surface area contributed by atoms with Gasteiger partial charge in [0.25, 0.3) is 17.4 Å². The third-order valence-electron chi connectivity index (χ3n) is 7.56. The molecule has 2 amide bonds. The first-order valence-corrected chi connectivity index (χ1v) is 14.3. The van der Waals surface area contributed by atoms with Gasteiger partial charge in [-0.1, -0.05) is 29.8 Å². The molecule has 3 aromatic carbocycles. The minimum absolute atomic E-state index is 0.0805. The number of halogens is 4. The first-order chi connectivity index (χ1) is 22.0. The van der Waals surface area contributed by atoms with Gasteiger partial charge in [-0.3, -0.25) is 19.2 Å². The standard InChI is InChI=1S/C33H24ClF3N4O5/c1-18-14-39(17-38-18)27-8-7-19(10-29(27)45-2)9-21-11-22(34)15-40(31(21)42)28(20-12-25(35)30(37)26(36)13-20)16-46-41-32(43)23-5-3-4-6-24(23)33(41)44/h3-8,10-15,17,28H,9,16H2,1-2H3. The van der Waals surface area contributed by atoms with Crippen molar-refractivity contribution in [2.45, 2.75) is 19.4 Å². The molecule has 5 aromatic rings. The van der Waals surface area contributed by atoms with Crippen molar-refractivity contribution in [2.75, 3.05) is 13.7 Å². The summed E-state index contributed by atoms with van der Waals surface area (Å²) in [5, 5.41) is 0.612. The van der Waals surface area contributed by atoms with Crippen LogP contribution in [0.1, 0.15) is 49.1 Å². The monoisotopic (exact) mass is 648 g/mol. The third kappa shape index (κ3) is 5.68. The minimum Gasteiger partial charge on any atom is -0.495 e. The van der Waals surface area contributed by atoms with Gasteiger partial charge >= 0.3 is 0 Å². The zero-order chi connectivity index (χ0) is 32.7. The molecule has 13 heteroatoms. The molecule has 46 heavy (non-hydrogen) atoms. The Morgan fingerprint density at radius 3 is 2.20 bits per heavy atom. The smallest absolute Gasteiger partial charge is 0.285 e. The molecule has 0 saturated carbocycles. The SMILES string of the molecule is COc1cc(Cc2cc(Cl)cn(C(CON3C(=O)c4ccccc4C3=O)c3cc(F)c(F)c(F)c3)c2=O)ccc1-n1cnc(C)c1. The van der Waals surface area contributed by atoms with E-state index in [4.69, 9.17) is 21.2 Å². The number of carbonyl (C=O) groups is 2. The lowest BCUT2D eigenvalue weighted by Gasteiger charge is -2.24. The predicted octanol–water partition coefficient (Wildman–Crippen LogP) is 5.83. The Balaban J connectivity index is 1.37. The summed E-state index contributed by atoms with van der Waals surface area (Å²) in [7, 11) is 1.51. The van der Waals surface area contributed by atoms with E-state index in [1.54, 1.807) is 41.2 Å². The maximum Gasteiger partial charge on any atom is 0.285 e. The van der Waals surface area contributed by atoms with Gasteiger partial charge in [0.1, 0.15) is 12.4 Å². The zero-order valence-electron chi connectivity index (χ0n) is 24.3. The van der Waals surface area contributed by atoms with Crippen LogP contribution in [0.2, 0.25) is 5.02 Å². The predicted molar refractivity (Wildman–Crippen MR) is 161 cm³/mol. The highest BCUT2D eigenvalue weighted by Gasteiger charge is 2.37. The van der Waals surface area contributed by atoms with Crippen molar-refractivity contribution in [3.8, 4) is 11.4 Å². The van der Waals surface area contributed by atoms with Crippen molar-refractivity contribution in [3.63, 3.8) is 0 Å². The van der Waals surface area contributed by atoms with E-state index in [1.165, 1.54) is 31.5 Å². The number of imide groups is 1. The number of pyridine rings is 1. The average Bonchev–Trinajstić information content (AvgIpc) is 3.58. The molecular formula is C33H24ClF3N4O5. The Hall–Kier alpha value is -5.20. The lowest BCUT2D eigenvalue weighted by molar-refractivity contribution is -0.0981. The van der Waals surface area contributed by atoms with Crippen molar-refractivity contribution in [3.05, 3.63) is 146 Å². The molecule has 2 aromatic heterocycles. The van der Waals surface area contributed by atoms with Crippen molar-refractivity contribution in [1.82, 2.24) is 19.2 Å². The summed E-state index contributed by atoms with van der Waals surface area (Å²) < 4.78 is 51.2. The summed E-state index contributed by atoms with van der Waals surface area (Å²) in [6.45, 7) is 1.23. The van der Waals surface area contributed by atoms with E-state index >= 15 is 0 Å². The van der Waals surface area contributed by atoms with Crippen molar-refractivity contribution in [1.29, 1.82) is 0 Å². The molecule has 9 nitrogen and oxygen atoms in total. The fourth-order valence-electron chi connectivity index (χ4n) is 5.33. The molecule has 3 heterocycles. The summed E-state index contributed by atoms with van der Waals surface area (Å²) in [6, 6.07) is 12.9. The van der Waals surface area contributed by atoms with E-state index in [1.807, 2.05) is 13.1 Å². The van der Waals surface area contributed by atoms with Crippen molar-refractivity contribution < 1.29 is 32.3 Å². The molecular weight excluding hydrogens is 625 g/mol. The highest BCUT2D eigenvalue weighted by atomic mass is 35.5. The minimum atomic E-state index is -1.70. The summed E-state index contributed by atoms with van der Waals surface area (Å²) in [5.74, 6) is -5.70. The molecule has 0 N–H and O–H groups in total. The van der Waals surface area contributed by atoms with Gasteiger partial charge in [0, 0.05) is 24.4 Å². The second-order valence-electron chi connectivity index (χ2n) is 10.6. The number of aromatic nitrogens is 3. The van der Waals surface area contributed by atoms with E-state index in [9.17, 15) is 27.6 Å². The summed E-state index contributed by atoms with van der Waals surface area (Å²) in [5.41, 5.74) is 1.82. The Bertz CT molecular complexity index is 2020. The van der Waals surface area contributed by atoms with Crippen LogP contribution in [0.5, 0.6) is 5.75 Å². The van der Waals surface area contributed by atoms with Crippen LogP contribution < -0.4 is 10.3 Å². The Labute approximate surface area is 265 Å². The van der Waals surface area contributed by atoms with Crippen LogP contribution in [-0.4, -0.2) is 44.7 Å². The van der Waals surface area contributed by atoms with Gasteiger partial charge in [-0.15, -0.1) is 5.06 Å². The third-order valence-corrected chi connectivity index (χ3v) is 7.76. The summed E-state index contributed by atoms with van der Waals surface area (Å²) in [6.07, 6.45) is 4.79. The number of hydrogen-bond donors (Lipinski definition) is 0. The van der Waals surface area contributed by atoms with Crippen molar-refractivity contribution >= 4 is 23.4 Å². The van der Waals surface area contributed by atoms with Crippen LogP contribution in [-0.2, 0) is 11.3 Å². The van der Waals surface area contributed by atoms with Crippen LogP contribution in [0.3, 0.4) is 0 Å². The average molecular weight is 649 g/mol. The molecule has 0 radical (unpaired) electrons. The number of carbonyl (C=O) groups excluding carboxylic acids is 2. The summed E-state index contributed by atoms with van der Waals surface area (Å²) in [4.78, 5) is 49.6. The molecule has 0 bridgehead atoms. The normalized spacial score (nSPS) is 13.3. The van der Waals surface area contributed by atoms with Gasteiger partial charge in [-0.05, 0) is 60.5 Å². The van der Waals surface area contributed by atoms with E-state index < -0.39 is 47.5 Å². The van der Waals surface area contributed by atoms with Gasteiger partial charge in [0.05, 0.1) is 47.0 Å².